The second-order valence-corrected chi connectivity index (χ2v) is 6.77. The lowest BCUT2D eigenvalue weighted by Crippen LogP contribution is -2.65. The predicted octanol–water partition coefficient (Wildman–Crippen LogP) is 5.19. The Bertz CT molecular complexity index is 730. The van der Waals surface area contributed by atoms with Gasteiger partial charge in [-0.05, 0) is 31.9 Å². The first kappa shape index (κ1) is 24.3. The van der Waals surface area contributed by atoms with Gasteiger partial charge in [-0.3, -0.25) is 0 Å². The molecule has 5 nitrogen and oxygen atoms in total. The van der Waals surface area contributed by atoms with Crippen molar-refractivity contribution < 1.29 is 50.1 Å². The van der Waals surface area contributed by atoms with Gasteiger partial charge in [-0.2, -0.15) is 26.3 Å². The Hall–Kier alpha value is -2.72. The first-order chi connectivity index (χ1) is 13.0. The normalized spacial score (nSPS) is 12.9. The second-order valence-electron chi connectivity index (χ2n) is 6.77. The Labute approximate surface area is 162 Å². The number of carbonyl (C=O) groups is 2. The van der Waals surface area contributed by atoms with Crippen molar-refractivity contribution >= 4 is 18.2 Å². The van der Waals surface area contributed by atoms with Crippen LogP contribution in [0.4, 0.5) is 31.1 Å². The van der Waals surface area contributed by atoms with E-state index in [-0.39, 0.29) is 5.56 Å². The second kappa shape index (κ2) is 8.34. The Balaban J connectivity index is 3.21. The molecule has 0 bridgehead atoms. The van der Waals surface area contributed by atoms with Gasteiger partial charge < -0.3 is 14.2 Å². The van der Waals surface area contributed by atoms with Gasteiger partial charge in [0.25, 0.3) is 0 Å². The molecular formula is C18H18F6O5. The Morgan fingerprint density at radius 3 is 1.79 bits per heavy atom. The molecule has 1 aromatic rings. The SMILES string of the molecule is C=Cc1ccc(COC(=O)C(OC(=O)OC(C)(C)C)(C(F)(F)F)C(F)(F)F)cc1. The van der Waals surface area contributed by atoms with Crippen LogP contribution in [0.5, 0.6) is 0 Å². The zero-order chi connectivity index (χ0) is 22.7. The van der Waals surface area contributed by atoms with Gasteiger partial charge in [0.15, 0.2) is 0 Å². The van der Waals surface area contributed by atoms with Crippen LogP contribution in [0, 0.1) is 0 Å². The minimum atomic E-state index is -6.37. The van der Waals surface area contributed by atoms with E-state index >= 15 is 0 Å². The zero-order valence-electron chi connectivity index (χ0n) is 15.6. The minimum absolute atomic E-state index is 0.0967. The molecular weight excluding hydrogens is 410 g/mol. The summed E-state index contributed by atoms with van der Waals surface area (Å²) in [6.45, 7) is 6.10. The molecule has 11 heteroatoms. The first-order valence-electron chi connectivity index (χ1n) is 7.97. The lowest BCUT2D eigenvalue weighted by atomic mass is 10.0. The van der Waals surface area contributed by atoms with Crippen LogP contribution in [0.3, 0.4) is 0 Å². The molecule has 0 aliphatic carbocycles. The molecule has 0 heterocycles. The molecule has 0 aliphatic rings. The minimum Gasteiger partial charge on any atom is -0.457 e. The number of rotatable bonds is 5. The predicted molar refractivity (Wildman–Crippen MR) is 88.5 cm³/mol. The maximum atomic E-state index is 13.4. The van der Waals surface area contributed by atoms with Gasteiger partial charge in [0.05, 0.1) is 0 Å². The van der Waals surface area contributed by atoms with E-state index in [0.29, 0.717) is 5.56 Å². The summed E-state index contributed by atoms with van der Waals surface area (Å²) in [5, 5.41) is 0. The Morgan fingerprint density at radius 1 is 0.931 bits per heavy atom. The number of halogens is 6. The molecule has 1 rings (SSSR count). The van der Waals surface area contributed by atoms with Crippen molar-refractivity contribution in [3.63, 3.8) is 0 Å². The molecule has 0 amide bonds. The Kier molecular flexibility index (Phi) is 6.99. The fraction of sp³-hybridized carbons (Fsp3) is 0.444. The average molecular weight is 428 g/mol. The van der Waals surface area contributed by atoms with Gasteiger partial charge in [0, 0.05) is 0 Å². The third kappa shape index (κ3) is 5.88. The monoisotopic (exact) mass is 428 g/mol. The van der Waals surface area contributed by atoms with Crippen molar-refractivity contribution in [2.75, 3.05) is 0 Å². The van der Waals surface area contributed by atoms with Crippen molar-refractivity contribution in [2.24, 2.45) is 0 Å². The number of alkyl halides is 6. The molecule has 0 aromatic heterocycles. The molecule has 0 saturated heterocycles. The van der Waals surface area contributed by atoms with Crippen molar-refractivity contribution in [3.8, 4) is 0 Å². The van der Waals surface area contributed by atoms with Crippen LogP contribution in [0.1, 0.15) is 31.9 Å². The highest BCUT2D eigenvalue weighted by atomic mass is 19.4. The number of carbonyl (C=O) groups excluding carboxylic acids is 2. The highest BCUT2D eigenvalue weighted by Gasteiger charge is 2.81. The van der Waals surface area contributed by atoms with Gasteiger partial charge in [0.2, 0.25) is 0 Å². The van der Waals surface area contributed by atoms with Crippen LogP contribution < -0.4 is 0 Å². The van der Waals surface area contributed by atoms with Gasteiger partial charge in [-0.25, -0.2) is 9.59 Å². The maximum Gasteiger partial charge on any atom is 0.510 e. The molecule has 0 spiro atoms. The summed E-state index contributed by atoms with van der Waals surface area (Å²) in [5.41, 5.74) is -6.31. The number of esters is 1. The molecule has 0 aliphatic heterocycles. The fourth-order valence-corrected chi connectivity index (χ4v) is 1.95. The van der Waals surface area contributed by atoms with Crippen LogP contribution >= 0.6 is 0 Å². The summed E-state index contributed by atoms with van der Waals surface area (Å²) in [6.07, 6.45) is -13.6. The molecule has 0 saturated carbocycles. The average Bonchev–Trinajstić information content (AvgIpc) is 2.54. The summed E-state index contributed by atoms with van der Waals surface area (Å²) in [6, 6.07) is 5.52. The molecule has 0 fully saturated rings. The van der Waals surface area contributed by atoms with Crippen LogP contribution in [0.2, 0.25) is 0 Å². The van der Waals surface area contributed by atoms with Crippen molar-refractivity contribution in [3.05, 3.63) is 42.0 Å². The van der Waals surface area contributed by atoms with E-state index in [1.807, 2.05) is 0 Å². The van der Waals surface area contributed by atoms with E-state index in [1.165, 1.54) is 51.1 Å². The van der Waals surface area contributed by atoms with Crippen LogP contribution in [0.25, 0.3) is 6.08 Å². The topological polar surface area (TPSA) is 61.8 Å². The number of benzene rings is 1. The quantitative estimate of drug-likeness (QED) is 0.477. The van der Waals surface area contributed by atoms with Gasteiger partial charge in [-0.1, -0.05) is 36.9 Å². The molecule has 0 N–H and O–H groups in total. The fourth-order valence-electron chi connectivity index (χ4n) is 1.95. The van der Waals surface area contributed by atoms with Crippen LogP contribution in [-0.2, 0) is 25.6 Å². The lowest BCUT2D eigenvalue weighted by molar-refractivity contribution is -0.358. The largest absolute Gasteiger partial charge is 0.510 e. The van der Waals surface area contributed by atoms with E-state index in [9.17, 15) is 35.9 Å². The number of hydrogen-bond acceptors (Lipinski definition) is 5. The van der Waals surface area contributed by atoms with Crippen molar-refractivity contribution in [1.29, 1.82) is 0 Å². The van der Waals surface area contributed by atoms with Crippen LogP contribution in [0.15, 0.2) is 30.8 Å². The molecule has 1 aromatic carbocycles. The standard InChI is InChI=1S/C18H18F6O5/c1-5-11-6-8-12(9-7-11)10-27-13(25)16(17(19,20)21,18(22,23)24)29-14(26)28-15(2,3)4/h5-9H,1,10H2,2-4H3. The third-order valence-corrected chi connectivity index (χ3v) is 3.30. The molecule has 0 unspecified atom stereocenters. The Morgan fingerprint density at radius 2 is 1.41 bits per heavy atom. The molecule has 0 radical (unpaired) electrons. The third-order valence-electron chi connectivity index (χ3n) is 3.30. The van der Waals surface area contributed by atoms with E-state index in [2.05, 4.69) is 20.8 Å². The summed E-state index contributed by atoms with van der Waals surface area (Å²) in [4.78, 5) is 23.5. The highest BCUT2D eigenvalue weighted by molar-refractivity contribution is 5.84. The van der Waals surface area contributed by atoms with E-state index in [4.69, 9.17) is 0 Å². The summed E-state index contributed by atoms with van der Waals surface area (Å²) < 4.78 is 92.3. The molecule has 29 heavy (non-hydrogen) atoms. The van der Waals surface area contributed by atoms with Gasteiger partial charge in [-0.15, -0.1) is 0 Å². The van der Waals surface area contributed by atoms with Crippen molar-refractivity contribution in [2.45, 2.75) is 50.9 Å². The highest BCUT2D eigenvalue weighted by Crippen LogP contribution is 2.47. The smallest absolute Gasteiger partial charge is 0.457 e. The number of hydrogen-bond donors (Lipinski definition) is 0. The molecule has 0 atom stereocenters. The summed E-state index contributed by atoms with van der Waals surface area (Å²) >= 11 is 0. The van der Waals surface area contributed by atoms with Crippen molar-refractivity contribution in [1.82, 2.24) is 0 Å². The van der Waals surface area contributed by atoms with Crippen LogP contribution in [-0.4, -0.2) is 35.7 Å². The molecule has 162 valence electrons. The first-order valence-corrected chi connectivity index (χ1v) is 7.97. The number of ether oxygens (including phenoxy) is 3. The maximum absolute atomic E-state index is 13.4. The van der Waals surface area contributed by atoms with Gasteiger partial charge in [0.1, 0.15) is 12.2 Å². The van der Waals surface area contributed by atoms with Gasteiger partial charge >= 0.3 is 30.1 Å². The zero-order valence-corrected chi connectivity index (χ0v) is 15.6. The van der Waals surface area contributed by atoms with E-state index in [1.54, 1.807) is 0 Å². The summed E-state index contributed by atoms with van der Waals surface area (Å²) in [7, 11) is 0. The van der Waals surface area contributed by atoms with E-state index < -0.39 is 42.3 Å². The summed E-state index contributed by atoms with van der Waals surface area (Å²) in [5.74, 6) is -2.85. The lowest BCUT2D eigenvalue weighted by Gasteiger charge is -2.34. The van der Waals surface area contributed by atoms with E-state index in [0.717, 1.165) is 0 Å².